The molecule has 0 unspecified atom stereocenters. The predicted octanol–water partition coefficient (Wildman–Crippen LogP) is 2.52. The van der Waals surface area contributed by atoms with Crippen molar-refractivity contribution < 1.29 is 27.1 Å². The van der Waals surface area contributed by atoms with E-state index in [2.05, 4.69) is 14.8 Å². The van der Waals surface area contributed by atoms with Gasteiger partial charge in [0.25, 0.3) is 0 Å². The Morgan fingerprint density at radius 3 is 2.71 bits per heavy atom. The maximum Gasteiger partial charge on any atom is 0.422 e. The van der Waals surface area contributed by atoms with Crippen LogP contribution < -0.4 is 5.32 Å². The second kappa shape index (κ2) is 5.77. The third-order valence-corrected chi connectivity index (χ3v) is 2.23. The molecule has 0 fully saturated rings. The minimum Gasteiger partial charge on any atom is -0.440 e. The summed E-state index contributed by atoms with van der Waals surface area (Å²) in [7, 11) is 0. The minimum atomic E-state index is -4.63. The lowest BCUT2D eigenvalue weighted by molar-refractivity contribution is -0.159. The molecule has 0 aliphatic heterocycles. The number of hydrogen-bond donors (Lipinski definition) is 1. The standard InChI is InChI=1S/C11H8F4N4O2/c12-8-3-7(18-10(20)21-4-11(13,14)15)1-2-9(8)19-6-16-5-17-19/h1-3,5-6H,4H2,(H,18,20). The Hall–Kier alpha value is -2.65. The van der Waals surface area contributed by atoms with Gasteiger partial charge in [0.1, 0.15) is 18.3 Å². The summed E-state index contributed by atoms with van der Waals surface area (Å²) in [5, 5.41) is 5.70. The molecule has 0 radical (unpaired) electrons. The van der Waals surface area contributed by atoms with E-state index in [1.54, 1.807) is 0 Å². The van der Waals surface area contributed by atoms with Crippen molar-refractivity contribution in [1.29, 1.82) is 0 Å². The molecule has 6 nitrogen and oxygen atoms in total. The van der Waals surface area contributed by atoms with Gasteiger partial charge in [0.05, 0.1) is 0 Å². The van der Waals surface area contributed by atoms with Crippen LogP contribution >= 0.6 is 0 Å². The Morgan fingerprint density at radius 2 is 2.14 bits per heavy atom. The molecule has 112 valence electrons. The van der Waals surface area contributed by atoms with Crippen LogP contribution in [0, 0.1) is 5.82 Å². The molecular weight excluding hydrogens is 296 g/mol. The third kappa shape index (κ3) is 4.16. The van der Waals surface area contributed by atoms with Crippen LogP contribution in [0.5, 0.6) is 0 Å². The Morgan fingerprint density at radius 1 is 1.38 bits per heavy atom. The van der Waals surface area contributed by atoms with E-state index in [0.29, 0.717) is 0 Å². The van der Waals surface area contributed by atoms with E-state index in [4.69, 9.17) is 0 Å². The fraction of sp³-hybridized carbons (Fsp3) is 0.182. The van der Waals surface area contributed by atoms with Crippen LogP contribution in [0.2, 0.25) is 0 Å². The zero-order chi connectivity index (χ0) is 15.5. The average Bonchev–Trinajstić information content (AvgIpc) is 2.89. The molecule has 1 aromatic carbocycles. The van der Waals surface area contributed by atoms with Gasteiger partial charge in [-0.3, -0.25) is 5.32 Å². The van der Waals surface area contributed by atoms with Crippen molar-refractivity contribution in [3.63, 3.8) is 0 Å². The number of aromatic nitrogens is 3. The second-order valence-corrected chi connectivity index (χ2v) is 3.82. The summed E-state index contributed by atoms with van der Waals surface area (Å²) in [5.41, 5.74) is 0.0187. The molecule has 0 aliphatic rings. The van der Waals surface area contributed by atoms with Crippen LogP contribution in [0.1, 0.15) is 0 Å². The smallest absolute Gasteiger partial charge is 0.422 e. The number of anilines is 1. The van der Waals surface area contributed by atoms with Gasteiger partial charge in [0.15, 0.2) is 12.4 Å². The van der Waals surface area contributed by atoms with Crippen LogP contribution in [0.3, 0.4) is 0 Å². The highest BCUT2D eigenvalue weighted by molar-refractivity contribution is 5.84. The molecule has 1 aromatic heterocycles. The third-order valence-electron chi connectivity index (χ3n) is 2.23. The van der Waals surface area contributed by atoms with Gasteiger partial charge in [-0.1, -0.05) is 0 Å². The molecule has 1 N–H and O–H groups in total. The second-order valence-electron chi connectivity index (χ2n) is 3.82. The monoisotopic (exact) mass is 304 g/mol. The van der Waals surface area contributed by atoms with Crippen LogP contribution in [0.15, 0.2) is 30.9 Å². The molecular formula is C11H8F4N4O2. The van der Waals surface area contributed by atoms with E-state index < -0.39 is 24.7 Å². The first-order valence-corrected chi connectivity index (χ1v) is 5.50. The first-order valence-electron chi connectivity index (χ1n) is 5.50. The van der Waals surface area contributed by atoms with Crippen molar-refractivity contribution in [3.8, 4) is 5.69 Å². The van der Waals surface area contributed by atoms with E-state index in [0.717, 1.165) is 10.7 Å². The number of halogens is 4. The number of ether oxygens (including phenoxy) is 1. The van der Waals surface area contributed by atoms with Gasteiger partial charge in [0.2, 0.25) is 0 Å². The van der Waals surface area contributed by atoms with Gasteiger partial charge in [-0.05, 0) is 18.2 Å². The van der Waals surface area contributed by atoms with Crippen molar-refractivity contribution in [2.24, 2.45) is 0 Å². The first-order chi connectivity index (χ1) is 9.85. The molecule has 0 atom stereocenters. The van der Waals surface area contributed by atoms with Crippen LogP contribution in [0.25, 0.3) is 5.69 Å². The number of nitrogens with one attached hydrogen (secondary N) is 1. The Labute approximate surface area is 115 Å². The highest BCUT2D eigenvalue weighted by Crippen LogP contribution is 2.18. The number of carbonyl (C=O) groups is 1. The number of alkyl halides is 3. The topological polar surface area (TPSA) is 69.0 Å². The molecule has 0 bridgehead atoms. The summed E-state index contributed by atoms with van der Waals surface area (Å²) in [4.78, 5) is 14.7. The van der Waals surface area contributed by atoms with Crippen LogP contribution in [-0.2, 0) is 4.74 Å². The van der Waals surface area contributed by atoms with Gasteiger partial charge >= 0.3 is 12.3 Å². The Kier molecular flexibility index (Phi) is 4.05. The predicted molar refractivity (Wildman–Crippen MR) is 62.3 cm³/mol. The normalized spacial score (nSPS) is 11.2. The zero-order valence-corrected chi connectivity index (χ0v) is 10.3. The largest absolute Gasteiger partial charge is 0.440 e. The fourth-order valence-electron chi connectivity index (χ4n) is 1.40. The molecule has 1 amide bonds. The van der Waals surface area contributed by atoms with Crippen molar-refractivity contribution in [2.75, 3.05) is 11.9 Å². The van der Waals surface area contributed by atoms with Crippen molar-refractivity contribution in [3.05, 3.63) is 36.7 Å². The lowest BCUT2D eigenvalue weighted by Crippen LogP contribution is -2.23. The minimum absolute atomic E-state index is 0.0523. The van der Waals surface area contributed by atoms with Crippen molar-refractivity contribution >= 4 is 11.8 Å². The van der Waals surface area contributed by atoms with Crippen molar-refractivity contribution in [1.82, 2.24) is 14.8 Å². The number of rotatable bonds is 3. The molecule has 0 saturated heterocycles. The lowest BCUT2D eigenvalue weighted by Gasteiger charge is -2.10. The maximum atomic E-state index is 13.8. The Balaban J connectivity index is 2.02. The van der Waals surface area contributed by atoms with E-state index in [9.17, 15) is 22.4 Å². The van der Waals surface area contributed by atoms with Crippen molar-refractivity contribution in [2.45, 2.75) is 6.18 Å². The summed E-state index contributed by atoms with van der Waals surface area (Å²) in [6.45, 7) is -1.72. The van der Waals surface area contributed by atoms with E-state index in [1.165, 1.54) is 24.8 Å². The van der Waals surface area contributed by atoms with Gasteiger partial charge in [-0.25, -0.2) is 18.9 Å². The highest BCUT2D eigenvalue weighted by atomic mass is 19.4. The average molecular weight is 304 g/mol. The summed E-state index contributed by atoms with van der Waals surface area (Å²) < 4.78 is 54.4. The molecule has 2 rings (SSSR count). The van der Waals surface area contributed by atoms with E-state index >= 15 is 0 Å². The number of hydrogen-bond acceptors (Lipinski definition) is 4. The van der Waals surface area contributed by atoms with Crippen LogP contribution in [-0.4, -0.2) is 33.6 Å². The Bertz CT molecular complexity index is 628. The van der Waals surface area contributed by atoms with Crippen LogP contribution in [0.4, 0.5) is 28.0 Å². The molecule has 1 heterocycles. The number of carbonyl (C=O) groups excluding carboxylic acids is 1. The molecule has 10 heteroatoms. The van der Waals surface area contributed by atoms with Gasteiger partial charge in [-0.2, -0.15) is 18.3 Å². The maximum absolute atomic E-state index is 13.8. The molecule has 0 saturated carbocycles. The van der Waals surface area contributed by atoms with Gasteiger partial charge < -0.3 is 4.74 Å². The van der Waals surface area contributed by atoms with Gasteiger partial charge in [0, 0.05) is 5.69 Å². The molecule has 2 aromatic rings. The van der Waals surface area contributed by atoms with Gasteiger partial charge in [-0.15, -0.1) is 0 Å². The SMILES string of the molecule is O=C(Nc1ccc(-n2cncn2)c(F)c1)OCC(F)(F)F. The summed E-state index contributed by atoms with van der Waals surface area (Å²) in [5.74, 6) is -0.742. The molecule has 0 spiro atoms. The van der Waals surface area contributed by atoms with E-state index in [-0.39, 0.29) is 11.4 Å². The summed E-state index contributed by atoms with van der Waals surface area (Å²) >= 11 is 0. The fourth-order valence-corrected chi connectivity index (χ4v) is 1.40. The first kappa shape index (κ1) is 14.8. The number of amides is 1. The lowest BCUT2D eigenvalue weighted by atomic mass is 10.2. The molecule has 0 aliphatic carbocycles. The highest BCUT2D eigenvalue weighted by Gasteiger charge is 2.29. The molecule has 21 heavy (non-hydrogen) atoms. The number of nitrogens with zero attached hydrogens (tertiary/aromatic N) is 3. The summed E-state index contributed by atoms with van der Waals surface area (Å²) in [6, 6.07) is 3.49. The van der Waals surface area contributed by atoms with E-state index in [1.807, 2.05) is 5.32 Å². The number of benzene rings is 1. The quantitative estimate of drug-likeness (QED) is 0.885. The zero-order valence-electron chi connectivity index (χ0n) is 10.3. The summed E-state index contributed by atoms with van der Waals surface area (Å²) in [6.07, 6.45) is -3.48.